The van der Waals surface area contributed by atoms with Crippen LogP contribution in [0.4, 0.5) is 0 Å². The number of ether oxygens (including phenoxy) is 1. The Morgan fingerprint density at radius 2 is 2.15 bits per heavy atom. The molecule has 0 amide bonds. The van der Waals surface area contributed by atoms with Crippen molar-refractivity contribution in [1.82, 2.24) is 5.32 Å². The molecule has 3 nitrogen and oxygen atoms in total. The molecule has 2 aliphatic heterocycles. The number of aliphatic imine (C=N–C) groups is 1. The Bertz CT molecular complexity index is 490. The Morgan fingerprint density at radius 3 is 2.65 bits per heavy atom. The third-order valence-electron chi connectivity index (χ3n) is 3.83. The second kappa shape index (κ2) is 5.96. The van der Waals surface area contributed by atoms with Crippen molar-refractivity contribution < 1.29 is 4.74 Å². The third kappa shape index (κ3) is 3.04. The Kier molecular flexibility index (Phi) is 4.48. The summed E-state index contributed by atoms with van der Waals surface area (Å²) in [6.45, 7) is 9.88. The lowest BCUT2D eigenvalue weighted by Crippen LogP contribution is -2.35. The van der Waals surface area contributed by atoms with Crippen LogP contribution in [0.5, 0.6) is 0 Å². The summed E-state index contributed by atoms with van der Waals surface area (Å²) < 4.78 is 5.52. The lowest BCUT2D eigenvalue weighted by atomic mass is 9.76. The highest BCUT2D eigenvalue weighted by molar-refractivity contribution is 5.76. The van der Waals surface area contributed by atoms with Crippen molar-refractivity contribution in [3.05, 3.63) is 34.6 Å². The van der Waals surface area contributed by atoms with Gasteiger partial charge in [-0.15, -0.1) is 0 Å². The molecule has 2 rings (SSSR count). The first-order chi connectivity index (χ1) is 9.47. The molecular weight excluding hydrogens is 248 g/mol. The molecule has 0 fully saturated rings. The van der Waals surface area contributed by atoms with Crippen LogP contribution in [0.15, 0.2) is 39.6 Å². The molecule has 1 atom stereocenters. The Labute approximate surface area is 122 Å². The average molecular weight is 274 g/mol. The van der Waals surface area contributed by atoms with E-state index in [1.54, 1.807) is 7.11 Å². The van der Waals surface area contributed by atoms with Crippen molar-refractivity contribution in [1.29, 1.82) is 0 Å². The van der Waals surface area contributed by atoms with Crippen molar-refractivity contribution in [2.24, 2.45) is 10.4 Å². The van der Waals surface area contributed by atoms with Crippen molar-refractivity contribution in [3.63, 3.8) is 0 Å². The van der Waals surface area contributed by atoms with E-state index in [-0.39, 0.29) is 11.6 Å². The van der Waals surface area contributed by atoms with E-state index >= 15 is 0 Å². The zero-order chi connectivity index (χ0) is 14.8. The summed E-state index contributed by atoms with van der Waals surface area (Å²) in [6, 6.07) is 0. The van der Waals surface area contributed by atoms with Gasteiger partial charge in [0.1, 0.15) is 6.23 Å². The number of hydrogen-bond donors (Lipinski definition) is 1. The van der Waals surface area contributed by atoms with Crippen LogP contribution in [0.2, 0.25) is 0 Å². The van der Waals surface area contributed by atoms with Gasteiger partial charge in [-0.2, -0.15) is 0 Å². The zero-order valence-electron chi connectivity index (χ0n) is 13.3. The smallest absolute Gasteiger partial charge is 0.147 e. The van der Waals surface area contributed by atoms with Crippen molar-refractivity contribution in [2.75, 3.05) is 13.7 Å². The first-order valence-electron chi connectivity index (χ1n) is 7.42. The highest BCUT2D eigenvalue weighted by Crippen LogP contribution is 2.40. The minimum Gasteiger partial charge on any atom is -0.360 e. The topological polar surface area (TPSA) is 33.6 Å². The molecule has 0 aromatic rings. The largest absolute Gasteiger partial charge is 0.360 e. The maximum atomic E-state index is 5.52. The van der Waals surface area contributed by atoms with Gasteiger partial charge in [-0.3, -0.25) is 4.99 Å². The van der Waals surface area contributed by atoms with Crippen molar-refractivity contribution in [3.8, 4) is 0 Å². The molecule has 110 valence electrons. The Balaban J connectivity index is 2.51. The van der Waals surface area contributed by atoms with E-state index in [1.165, 1.54) is 22.4 Å². The van der Waals surface area contributed by atoms with E-state index in [1.807, 2.05) is 6.21 Å². The average Bonchev–Trinajstić information content (AvgIpc) is 2.45. The van der Waals surface area contributed by atoms with Gasteiger partial charge in [-0.05, 0) is 41.6 Å². The monoisotopic (exact) mass is 274 g/mol. The fourth-order valence-electron chi connectivity index (χ4n) is 2.77. The van der Waals surface area contributed by atoms with E-state index < -0.39 is 0 Å². The maximum Gasteiger partial charge on any atom is 0.147 e. The van der Waals surface area contributed by atoms with Gasteiger partial charge in [0, 0.05) is 31.1 Å². The predicted octanol–water partition coefficient (Wildman–Crippen LogP) is 3.60. The quantitative estimate of drug-likeness (QED) is 0.853. The van der Waals surface area contributed by atoms with Gasteiger partial charge in [0.25, 0.3) is 0 Å². The fourth-order valence-corrected chi connectivity index (χ4v) is 2.77. The summed E-state index contributed by atoms with van der Waals surface area (Å²) in [7, 11) is 1.75. The SMILES string of the molecule is CCC1=C(C2=CC=NCC2)C(C(C)(C)C)=CC(OC)N1. The summed E-state index contributed by atoms with van der Waals surface area (Å²) in [5.74, 6) is 0. The van der Waals surface area contributed by atoms with Gasteiger partial charge in [-0.1, -0.05) is 27.7 Å². The van der Waals surface area contributed by atoms with Gasteiger partial charge in [-0.25, -0.2) is 0 Å². The first-order valence-corrected chi connectivity index (χ1v) is 7.42. The molecule has 0 saturated carbocycles. The van der Waals surface area contributed by atoms with E-state index in [2.05, 4.69) is 50.2 Å². The molecule has 0 aromatic carbocycles. The summed E-state index contributed by atoms with van der Waals surface area (Å²) in [5.41, 5.74) is 5.52. The summed E-state index contributed by atoms with van der Waals surface area (Å²) in [4.78, 5) is 4.30. The Hall–Kier alpha value is -1.35. The van der Waals surface area contributed by atoms with E-state index in [0.29, 0.717) is 0 Å². The minimum absolute atomic E-state index is 0.0271. The molecule has 2 heterocycles. The number of nitrogens with zero attached hydrogens (tertiary/aromatic N) is 1. The molecule has 0 radical (unpaired) electrons. The summed E-state index contributed by atoms with van der Waals surface area (Å²) >= 11 is 0. The van der Waals surface area contributed by atoms with Crippen LogP contribution in [-0.2, 0) is 4.74 Å². The van der Waals surface area contributed by atoms with Crippen LogP contribution in [0, 0.1) is 5.41 Å². The van der Waals surface area contributed by atoms with E-state index in [4.69, 9.17) is 4.74 Å². The third-order valence-corrected chi connectivity index (χ3v) is 3.83. The molecule has 3 heteroatoms. The number of hydrogen-bond acceptors (Lipinski definition) is 3. The van der Waals surface area contributed by atoms with Crippen LogP contribution < -0.4 is 5.32 Å². The molecule has 0 aromatic heterocycles. The van der Waals surface area contributed by atoms with E-state index in [0.717, 1.165) is 19.4 Å². The van der Waals surface area contributed by atoms with Gasteiger partial charge in [0.05, 0.1) is 0 Å². The first kappa shape index (κ1) is 15.0. The minimum atomic E-state index is -0.0271. The number of nitrogens with one attached hydrogen (secondary N) is 1. The number of rotatable bonds is 3. The van der Waals surface area contributed by atoms with Gasteiger partial charge >= 0.3 is 0 Å². The maximum absolute atomic E-state index is 5.52. The molecule has 2 aliphatic rings. The molecule has 20 heavy (non-hydrogen) atoms. The molecule has 0 spiro atoms. The van der Waals surface area contributed by atoms with Crippen LogP contribution in [-0.4, -0.2) is 26.1 Å². The highest BCUT2D eigenvalue weighted by Gasteiger charge is 2.30. The molecule has 1 N–H and O–H groups in total. The fraction of sp³-hybridized carbons (Fsp3) is 0.588. The van der Waals surface area contributed by atoms with Crippen molar-refractivity contribution in [2.45, 2.75) is 46.8 Å². The molecule has 1 unspecified atom stereocenters. The standard InChI is InChI=1S/C17H26N2O/c1-6-14-16(12-7-9-18-10-8-12)13(17(2,3)4)11-15(19-14)20-5/h7,9,11,15,19H,6,8,10H2,1-5H3. The lowest BCUT2D eigenvalue weighted by molar-refractivity contribution is 0.117. The second-order valence-corrected chi connectivity index (χ2v) is 6.34. The van der Waals surface area contributed by atoms with Crippen LogP contribution >= 0.6 is 0 Å². The van der Waals surface area contributed by atoms with E-state index in [9.17, 15) is 0 Å². The second-order valence-electron chi connectivity index (χ2n) is 6.34. The van der Waals surface area contributed by atoms with Gasteiger partial charge in [0.2, 0.25) is 0 Å². The summed E-state index contributed by atoms with van der Waals surface area (Å²) in [5, 5.41) is 3.50. The molecule has 0 saturated heterocycles. The number of methoxy groups -OCH3 is 1. The number of allylic oxidation sites excluding steroid dienone is 4. The number of dihydropyridines is 2. The van der Waals surface area contributed by atoms with Crippen LogP contribution in [0.3, 0.4) is 0 Å². The molecule has 0 bridgehead atoms. The molecular formula is C17H26N2O. The zero-order valence-corrected chi connectivity index (χ0v) is 13.3. The normalized spacial score (nSPS) is 23.4. The molecule has 0 aliphatic carbocycles. The van der Waals surface area contributed by atoms with Gasteiger partial charge in [0.15, 0.2) is 0 Å². The summed E-state index contributed by atoms with van der Waals surface area (Å²) in [6.07, 6.45) is 8.28. The lowest BCUT2D eigenvalue weighted by Gasteiger charge is -2.35. The Morgan fingerprint density at radius 1 is 1.40 bits per heavy atom. The highest BCUT2D eigenvalue weighted by atomic mass is 16.5. The van der Waals surface area contributed by atoms with Crippen LogP contribution in [0.25, 0.3) is 0 Å². The van der Waals surface area contributed by atoms with Gasteiger partial charge < -0.3 is 10.1 Å². The van der Waals surface area contributed by atoms with Crippen molar-refractivity contribution >= 4 is 6.21 Å². The predicted molar refractivity (Wildman–Crippen MR) is 84.8 cm³/mol. The van der Waals surface area contributed by atoms with Crippen LogP contribution in [0.1, 0.15) is 40.5 Å².